The number of hydrogen-bond donors (Lipinski definition) is 0. The molecule has 0 radical (unpaired) electrons. The largest absolute Gasteiger partial charge is 0.500 e. The lowest BCUT2D eigenvalue weighted by Gasteiger charge is -2.29. The predicted molar refractivity (Wildman–Crippen MR) is 128 cm³/mol. The minimum Gasteiger partial charge on any atom is -0.374 e. The average Bonchev–Trinajstić information content (AvgIpc) is 3.17. The molecule has 0 aromatic heterocycles. The summed E-state index contributed by atoms with van der Waals surface area (Å²) in [7, 11) is -5.06. The maximum Gasteiger partial charge on any atom is 0.500 e. The van der Waals surface area contributed by atoms with Crippen LogP contribution < -0.4 is 0 Å². The van der Waals surface area contributed by atoms with Gasteiger partial charge in [-0.3, -0.25) is 9.80 Å². The number of nitrogens with zero attached hydrogens (tertiary/aromatic N) is 2. The first kappa shape index (κ1) is 29.1. The third-order valence-electron chi connectivity index (χ3n) is 5.23. The van der Waals surface area contributed by atoms with Gasteiger partial charge in [0.05, 0.1) is 6.67 Å². The van der Waals surface area contributed by atoms with Gasteiger partial charge in [0.2, 0.25) is 0 Å². The van der Waals surface area contributed by atoms with Crippen LogP contribution in [0.4, 0.5) is 0 Å². The highest BCUT2D eigenvalue weighted by Crippen LogP contribution is 2.21. The Morgan fingerprint density at radius 3 is 1.06 bits per heavy atom. The Kier molecular flexibility index (Phi) is 15.7. The molecule has 0 aliphatic carbocycles. The zero-order valence-electron chi connectivity index (χ0n) is 21.0. The van der Waals surface area contributed by atoms with E-state index in [0.29, 0.717) is 39.6 Å². The topological polar surface area (TPSA) is 61.9 Å². The average molecular weight is 481 g/mol. The van der Waals surface area contributed by atoms with Gasteiger partial charge in [-0.25, -0.2) is 0 Å². The van der Waals surface area contributed by atoms with Gasteiger partial charge in [0.1, 0.15) is 0 Å². The Hall–Kier alpha value is 0.114. The standard InChI is InChI=1S/C21H48N2O6Si2/c1-7-24-30(25-8-2,26-9-3)19-13-15-22-17-18-23(21-22)16-14-20-31(27-10-4,28-11-5)29-12-6/h7-21H2,1-6H3. The lowest BCUT2D eigenvalue weighted by atomic mass is 10.4. The van der Waals surface area contributed by atoms with E-state index in [1.165, 1.54) is 0 Å². The smallest absolute Gasteiger partial charge is 0.374 e. The van der Waals surface area contributed by atoms with Crippen LogP contribution in [-0.2, 0) is 26.6 Å². The van der Waals surface area contributed by atoms with E-state index < -0.39 is 17.6 Å². The van der Waals surface area contributed by atoms with E-state index in [2.05, 4.69) is 9.80 Å². The van der Waals surface area contributed by atoms with E-state index in [0.717, 1.165) is 57.8 Å². The Balaban J connectivity index is 2.41. The van der Waals surface area contributed by atoms with E-state index in [4.69, 9.17) is 26.6 Å². The molecule has 1 fully saturated rings. The van der Waals surface area contributed by atoms with Crippen LogP contribution in [-0.4, -0.2) is 99.9 Å². The van der Waals surface area contributed by atoms with Crippen molar-refractivity contribution in [3.05, 3.63) is 0 Å². The van der Waals surface area contributed by atoms with Crippen LogP contribution in [0.2, 0.25) is 12.1 Å². The summed E-state index contributed by atoms with van der Waals surface area (Å²) >= 11 is 0. The molecule has 10 heteroatoms. The Morgan fingerprint density at radius 2 is 0.806 bits per heavy atom. The van der Waals surface area contributed by atoms with Gasteiger partial charge in [-0.15, -0.1) is 0 Å². The SMILES string of the molecule is CCO[Si](CCCN1CCN(CCC[Si](OCC)(OCC)OCC)C1)(OCC)OCC. The van der Waals surface area contributed by atoms with Gasteiger partial charge in [0.15, 0.2) is 0 Å². The maximum atomic E-state index is 5.97. The minimum atomic E-state index is -2.53. The minimum absolute atomic E-state index is 0.639. The summed E-state index contributed by atoms with van der Waals surface area (Å²) in [5, 5.41) is 0. The van der Waals surface area contributed by atoms with Crippen LogP contribution >= 0.6 is 0 Å². The second-order valence-corrected chi connectivity index (χ2v) is 13.0. The fourth-order valence-electron chi connectivity index (χ4n) is 4.11. The zero-order chi connectivity index (χ0) is 23.0. The summed E-state index contributed by atoms with van der Waals surface area (Å²) in [6.45, 7) is 21.2. The number of rotatable bonds is 20. The van der Waals surface area contributed by atoms with Gasteiger partial charge in [0, 0.05) is 64.8 Å². The van der Waals surface area contributed by atoms with Gasteiger partial charge in [0.25, 0.3) is 0 Å². The predicted octanol–water partition coefficient (Wildman–Crippen LogP) is 3.44. The Labute approximate surface area is 193 Å². The highest BCUT2D eigenvalue weighted by Gasteiger charge is 2.41. The Bertz CT molecular complexity index is 378. The van der Waals surface area contributed by atoms with Crippen molar-refractivity contribution in [1.82, 2.24) is 9.80 Å². The van der Waals surface area contributed by atoms with Crippen LogP contribution in [0.5, 0.6) is 0 Å². The zero-order valence-corrected chi connectivity index (χ0v) is 23.0. The molecule has 0 amide bonds. The summed E-state index contributed by atoms with van der Waals surface area (Å²) in [5.41, 5.74) is 0. The fourth-order valence-corrected chi connectivity index (χ4v) is 9.30. The van der Waals surface area contributed by atoms with Gasteiger partial charge in [-0.1, -0.05) is 0 Å². The van der Waals surface area contributed by atoms with Crippen LogP contribution in [0, 0.1) is 0 Å². The molecule has 1 rings (SSSR count). The van der Waals surface area contributed by atoms with Crippen molar-refractivity contribution in [3.63, 3.8) is 0 Å². The summed E-state index contributed by atoms with van der Waals surface area (Å²) in [6.07, 6.45) is 2.07. The quantitative estimate of drug-likeness (QED) is 0.246. The molecule has 0 unspecified atom stereocenters. The fraction of sp³-hybridized carbons (Fsp3) is 1.00. The van der Waals surface area contributed by atoms with Gasteiger partial charge >= 0.3 is 17.6 Å². The lowest BCUT2D eigenvalue weighted by Crippen LogP contribution is -2.46. The van der Waals surface area contributed by atoms with Crippen LogP contribution in [0.25, 0.3) is 0 Å². The van der Waals surface area contributed by atoms with Gasteiger partial charge < -0.3 is 26.6 Å². The third-order valence-corrected chi connectivity index (χ3v) is 11.5. The third kappa shape index (κ3) is 10.7. The molecule has 0 atom stereocenters. The van der Waals surface area contributed by atoms with Crippen LogP contribution in [0.3, 0.4) is 0 Å². The molecule has 8 nitrogen and oxygen atoms in total. The van der Waals surface area contributed by atoms with Crippen molar-refractivity contribution >= 4 is 17.6 Å². The molecule has 0 N–H and O–H groups in total. The van der Waals surface area contributed by atoms with Crippen molar-refractivity contribution < 1.29 is 26.6 Å². The molecule has 1 heterocycles. The second-order valence-electron chi connectivity index (χ2n) is 7.55. The van der Waals surface area contributed by atoms with Crippen molar-refractivity contribution in [1.29, 1.82) is 0 Å². The first-order chi connectivity index (χ1) is 15.0. The molecule has 0 aromatic carbocycles. The molecule has 1 aliphatic rings. The molecule has 0 aromatic rings. The molecule has 31 heavy (non-hydrogen) atoms. The first-order valence-corrected chi connectivity index (χ1v) is 16.2. The van der Waals surface area contributed by atoms with Gasteiger partial charge in [-0.05, 0) is 67.5 Å². The molecular formula is C21H48N2O6Si2. The summed E-state index contributed by atoms with van der Waals surface area (Å²) in [5.74, 6) is 0. The first-order valence-electron chi connectivity index (χ1n) is 12.3. The van der Waals surface area contributed by atoms with Gasteiger partial charge in [-0.2, -0.15) is 0 Å². The molecule has 186 valence electrons. The maximum absolute atomic E-state index is 5.97. The highest BCUT2D eigenvalue weighted by molar-refractivity contribution is 6.61. The molecule has 1 saturated heterocycles. The molecular weight excluding hydrogens is 432 g/mol. The van der Waals surface area contributed by atoms with Crippen LogP contribution in [0.15, 0.2) is 0 Å². The molecule has 1 aliphatic heterocycles. The van der Waals surface area contributed by atoms with Crippen LogP contribution in [0.1, 0.15) is 54.4 Å². The lowest BCUT2D eigenvalue weighted by molar-refractivity contribution is 0.0697. The van der Waals surface area contributed by atoms with Crippen molar-refractivity contribution in [2.45, 2.75) is 66.5 Å². The van der Waals surface area contributed by atoms with E-state index in [-0.39, 0.29) is 0 Å². The highest BCUT2D eigenvalue weighted by atomic mass is 28.4. The van der Waals surface area contributed by atoms with E-state index in [1.807, 2.05) is 41.5 Å². The summed E-state index contributed by atoms with van der Waals surface area (Å²) < 4.78 is 35.8. The van der Waals surface area contributed by atoms with E-state index in [9.17, 15) is 0 Å². The van der Waals surface area contributed by atoms with E-state index >= 15 is 0 Å². The van der Waals surface area contributed by atoms with Crippen molar-refractivity contribution in [2.75, 3.05) is 72.5 Å². The van der Waals surface area contributed by atoms with Crippen molar-refractivity contribution in [3.8, 4) is 0 Å². The molecule has 0 spiro atoms. The monoisotopic (exact) mass is 480 g/mol. The van der Waals surface area contributed by atoms with Crippen molar-refractivity contribution in [2.24, 2.45) is 0 Å². The summed E-state index contributed by atoms with van der Waals surface area (Å²) in [6, 6.07) is 1.76. The summed E-state index contributed by atoms with van der Waals surface area (Å²) in [4.78, 5) is 5.03. The normalized spacial score (nSPS) is 16.5. The second kappa shape index (κ2) is 16.7. The Morgan fingerprint density at radius 1 is 0.516 bits per heavy atom. The molecule has 0 bridgehead atoms. The van der Waals surface area contributed by atoms with E-state index in [1.54, 1.807) is 0 Å². The molecule has 0 saturated carbocycles. The number of hydrogen-bond acceptors (Lipinski definition) is 8.